The normalized spacial score (nSPS) is 14.1. The van der Waals surface area contributed by atoms with Crippen LogP contribution in [0.2, 0.25) is 0 Å². The van der Waals surface area contributed by atoms with Crippen molar-refractivity contribution in [1.82, 2.24) is 15.6 Å². The predicted molar refractivity (Wildman–Crippen MR) is 77.6 cm³/mol. The zero-order valence-corrected chi connectivity index (χ0v) is 12.2. The first-order chi connectivity index (χ1) is 9.69. The number of amides is 1. The molecule has 1 aromatic heterocycles. The van der Waals surface area contributed by atoms with Gasteiger partial charge in [-0.15, -0.1) is 0 Å². The van der Waals surface area contributed by atoms with Gasteiger partial charge in [0.1, 0.15) is 5.75 Å². The van der Waals surface area contributed by atoms with E-state index in [1.807, 2.05) is 26.0 Å². The van der Waals surface area contributed by atoms with Crippen LogP contribution in [0.4, 0.5) is 0 Å². The maximum Gasteiger partial charge on any atom is 0.257 e. The SMILES string of the molecule is CCCNC(=O)COc1ccc(C)nc1CNC1CC1. The minimum atomic E-state index is -0.0893. The van der Waals surface area contributed by atoms with Crippen molar-refractivity contribution in [2.24, 2.45) is 0 Å². The molecule has 0 atom stereocenters. The molecule has 5 heteroatoms. The molecule has 1 fully saturated rings. The van der Waals surface area contributed by atoms with Crippen LogP contribution in [-0.4, -0.2) is 30.1 Å². The maximum absolute atomic E-state index is 11.6. The Morgan fingerprint density at radius 2 is 2.25 bits per heavy atom. The lowest BCUT2D eigenvalue weighted by Gasteiger charge is -2.12. The molecule has 0 unspecified atom stereocenters. The Morgan fingerprint density at radius 3 is 2.95 bits per heavy atom. The average molecular weight is 277 g/mol. The number of rotatable bonds is 8. The first kappa shape index (κ1) is 14.8. The minimum absolute atomic E-state index is 0.0428. The largest absolute Gasteiger partial charge is 0.482 e. The van der Waals surface area contributed by atoms with Gasteiger partial charge < -0.3 is 15.4 Å². The fourth-order valence-electron chi connectivity index (χ4n) is 1.84. The number of aromatic nitrogens is 1. The van der Waals surface area contributed by atoms with E-state index in [0.717, 1.165) is 17.8 Å². The Morgan fingerprint density at radius 1 is 1.45 bits per heavy atom. The van der Waals surface area contributed by atoms with Gasteiger partial charge in [-0.1, -0.05) is 6.92 Å². The van der Waals surface area contributed by atoms with Crippen LogP contribution < -0.4 is 15.4 Å². The van der Waals surface area contributed by atoms with Gasteiger partial charge >= 0.3 is 0 Å². The van der Waals surface area contributed by atoms with Gasteiger partial charge in [-0.3, -0.25) is 9.78 Å². The van der Waals surface area contributed by atoms with Crippen LogP contribution in [0.5, 0.6) is 5.75 Å². The van der Waals surface area contributed by atoms with E-state index < -0.39 is 0 Å². The highest BCUT2D eigenvalue weighted by atomic mass is 16.5. The average Bonchev–Trinajstić information content (AvgIpc) is 3.26. The van der Waals surface area contributed by atoms with Crippen LogP contribution in [-0.2, 0) is 11.3 Å². The summed E-state index contributed by atoms with van der Waals surface area (Å²) in [7, 11) is 0. The van der Waals surface area contributed by atoms with E-state index in [2.05, 4.69) is 15.6 Å². The smallest absolute Gasteiger partial charge is 0.257 e. The second-order valence-corrected chi connectivity index (χ2v) is 5.19. The van der Waals surface area contributed by atoms with E-state index in [4.69, 9.17) is 4.74 Å². The second kappa shape index (κ2) is 7.24. The summed E-state index contributed by atoms with van der Waals surface area (Å²) >= 11 is 0. The summed E-state index contributed by atoms with van der Waals surface area (Å²) in [5.74, 6) is 0.601. The Balaban J connectivity index is 1.89. The molecule has 1 aliphatic rings. The molecule has 2 rings (SSSR count). The quantitative estimate of drug-likeness (QED) is 0.756. The van der Waals surface area contributed by atoms with Gasteiger partial charge in [-0.05, 0) is 38.3 Å². The number of nitrogens with one attached hydrogen (secondary N) is 2. The van der Waals surface area contributed by atoms with Crippen molar-refractivity contribution in [1.29, 1.82) is 0 Å². The van der Waals surface area contributed by atoms with E-state index in [1.165, 1.54) is 12.8 Å². The molecule has 0 saturated heterocycles. The van der Waals surface area contributed by atoms with Crippen LogP contribution in [0.3, 0.4) is 0 Å². The third-order valence-corrected chi connectivity index (χ3v) is 3.14. The molecule has 1 aliphatic carbocycles. The number of hydrogen-bond acceptors (Lipinski definition) is 4. The molecule has 0 aliphatic heterocycles. The number of aryl methyl sites for hydroxylation is 1. The number of carbonyl (C=O) groups excluding carboxylic acids is 1. The molecule has 0 spiro atoms. The van der Waals surface area contributed by atoms with Crippen LogP contribution >= 0.6 is 0 Å². The third kappa shape index (κ3) is 4.81. The zero-order valence-electron chi connectivity index (χ0n) is 12.2. The van der Waals surface area contributed by atoms with E-state index in [9.17, 15) is 4.79 Å². The Labute approximate surface area is 120 Å². The molecular weight excluding hydrogens is 254 g/mol. The van der Waals surface area contributed by atoms with E-state index in [0.29, 0.717) is 24.9 Å². The summed E-state index contributed by atoms with van der Waals surface area (Å²) in [6, 6.07) is 4.41. The summed E-state index contributed by atoms with van der Waals surface area (Å²) in [4.78, 5) is 16.1. The van der Waals surface area contributed by atoms with Gasteiger partial charge in [-0.2, -0.15) is 0 Å². The van der Waals surface area contributed by atoms with E-state index in [-0.39, 0.29) is 12.5 Å². The molecule has 2 N–H and O–H groups in total. The molecule has 1 heterocycles. The highest BCUT2D eigenvalue weighted by Crippen LogP contribution is 2.22. The number of ether oxygens (including phenoxy) is 1. The summed E-state index contributed by atoms with van der Waals surface area (Å²) in [5, 5.41) is 6.21. The summed E-state index contributed by atoms with van der Waals surface area (Å²) in [6.45, 7) is 5.40. The number of carbonyl (C=O) groups is 1. The maximum atomic E-state index is 11.6. The number of nitrogens with zero attached hydrogens (tertiary/aromatic N) is 1. The predicted octanol–water partition coefficient (Wildman–Crippen LogP) is 1.55. The van der Waals surface area contributed by atoms with Crippen LogP contribution in [0, 0.1) is 6.92 Å². The first-order valence-corrected chi connectivity index (χ1v) is 7.28. The van der Waals surface area contributed by atoms with Crippen molar-refractivity contribution in [2.75, 3.05) is 13.2 Å². The molecule has 0 radical (unpaired) electrons. The Bertz CT molecular complexity index is 458. The fourth-order valence-corrected chi connectivity index (χ4v) is 1.84. The van der Waals surface area contributed by atoms with Gasteiger partial charge in [0.15, 0.2) is 6.61 Å². The molecule has 0 aromatic carbocycles. The van der Waals surface area contributed by atoms with Gasteiger partial charge in [0.05, 0.1) is 5.69 Å². The van der Waals surface area contributed by atoms with Gasteiger partial charge in [0, 0.05) is 24.8 Å². The lowest BCUT2D eigenvalue weighted by molar-refractivity contribution is -0.123. The van der Waals surface area contributed by atoms with Gasteiger partial charge in [0.25, 0.3) is 5.91 Å². The first-order valence-electron chi connectivity index (χ1n) is 7.28. The lowest BCUT2D eigenvalue weighted by Crippen LogP contribution is -2.29. The van der Waals surface area contributed by atoms with Gasteiger partial charge in [-0.25, -0.2) is 0 Å². The summed E-state index contributed by atoms with van der Waals surface area (Å²) in [5.41, 5.74) is 1.83. The molecule has 20 heavy (non-hydrogen) atoms. The molecule has 1 aromatic rings. The monoisotopic (exact) mass is 277 g/mol. The topological polar surface area (TPSA) is 63.2 Å². The van der Waals surface area contributed by atoms with Crippen molar-refractivity contribution in [3.8, 4) is 5.75 Å². The summed E-state index contributed by atoms with van der Waals surface area (Å²) in [6.07, 6.45) is 3.40. The van der Waals surface area contributed by atoms with Crippen LogP contribution in [0.15, 0.2) is 12.1 Å². The molecule has 1 amide bonds. The summed E-state index contributed by atoms with van der Waals surface area (Å²) < 4.78 is 5.59. The van der Waals surface area contributed by atoms with Crippen molar-refractivity contribution in [2.45, 2.75) is 45.7 Å². The van der Waals surface area contributed by atoms with Crippen molar-refractivity contribution < 1.29 is 9.53 Å². The van der Waals surface area contributed by atoms with Crippen LogP contribution in [0.25, 0.3) is 0 Å². The van der Waals surface area contributed by atoms with E-state index >= 15 is 0 Å². The Kier molecular flexibility index (Phi) is 5.35. The fraction of sp³-hybridized carbons (Fsp3) is 0.600. The number of pyridine rings is 1. The highest BCUT2D eigenvalue weighted by Gasteiger charge is 2.21. The minimum Gasteiger partial charge on any atom is -0.482 e. The molecule has 0 bridgehead atoms. The molecule has 5 nitrogen and oxygen atoms in total. The Hall–Kier alpha value is -1.62. The molecular formula is C15H23N3O2. The van der Waals surface area contributed by atoms with Gasteiger partial charge in [0.2, 0.25) is 0 Å². The zero-order chi connectivity index (χ0) is 14.4. The van der Waals surface area contributed by atoms with Crippen molar-refractivity contribution in [3.63, 3.8) is 0 Å². The number of hydrogen-bond donors (Lipinski definition) is 2. The molecule has 1 saturated carbocycles. The third-order valence-electron chi connectivity index (χ3n) is 3.14. The molecule has 110 valence electrons. The lowest BCUT2D eigenvalue weighted by atomic mass is 10.3. The van der Waals surface area contributed by atoms with E-state index in [1.54, 1.807) is 0 Å². The standard InChI is InChI=1S/C15H23N3O2/c1-3-8-16-15(19)10-20-14-7-4-11(2)18-13(14)9-17-12-5-6-12/h4,7,12,17H,3,5-6,8-10H2,1-2H3,(H,16,19). The van der Waals surface area contributed by atoms with Crippen LogP contribution in [0.1, 0.15) is 37.6 Å². The second-order valence-electron chi connectivity index (χ2n) is 5.19. The highest BCUT2D eigenvalue weighted by molar-refractivity contribution is 5.77. The van der Waals surface area contributed by atoms with Crippen molar-refractivity contribution in [3.05, 3.63) is 23.5 Å². The van der Waals surface area contributed by atoms with Crippen molar-refractivity contribution >= 4 is 5.91 Å².